The number of rotatable bonds is 6. The van der Waals surface area contributed by atoms with Gasteiger partial charge in [0.2, 0.25) is 10.0 Å². The molecule has 0 spiro atoms. The first-order valence-corrected chi connectivity index (χ1v) is 8.68. The SMILES string of the molecule is CC(C)[C@H](Cn1nccn1)NS(=O)(=O)c1ccc(Cl)s1. The number of nitrogens with zero attached hydrogens (tertiary/aromatic N) is 3. The third-order valence-electron chi connectivity index (χ3n) is 2.75. The molecule has 6 nitrogen and oxygen atoms in total. The highest BCUT2D eigenvalue weighted by Gasteiger charge is 2.24. The topological polar surface area (TPSA) is 76.9 Å². The fourth-order valence-corrected chi connectivity index (χ4v) is 4.47. The third-order valence-corrected chi connectivity index (χ3v) is 5.96. The van der Waals surface area contributed by atoms with E-state index in [4.69, 9.17) is 11.6 Å². The van der Waals surface area contributed by atoms with E-state index in [9.17, 15) is 8.42 Å². The molecule has 2 heterocycles. The van der Waals surface area contributed by atoms with Gasteiger partial charge in [0, 0.05) is 6.04 Å². The lowest BCUT2D eigenvalue weighted by molar-refractivity contribution is 0.361. The predicted molar refractivity (Wildman–Crippen MR) is 78.3 cm³/mol. The minimum atomic E-state index is -3.57. The van der Waals surface area contributed by atoms with Crippen LogP contribution in [0.5, 0.6) is 0 Å². The number of nitrogens with one attached hydrogen (secondary N) is 1. The molecule has 9 heteroatoms. The van der Waals surface area contributed by atoms with Crippen LogP contribution < -0.4 is 4.72 Å². The molecule has 0 fully saturated rings. The van der Waals surface area contributed by atoms with Crippen LogP contribution in [0.15, 0.2) is 28.7 Å². The largest absolute Gasteiger partial charge is 0.250 e. The van der Waals surface area contributed by atoms with Crippen LogP contribution in [0.3, 0.4) is 0 Å². The highest BCUT2D eigenvalue weighted by molar-refractivity contribution is 7.91. The summed E-state index contributed by atoms with van der Waals surface area (Å²) in [4.78, 5) is 1.47. The molecule has 0 saturated carbocycles. The summed E-state index contributed by atoms with van der Waals surface area (Å²) in [5, 5.41) is 8.00. The molecule has 110 valence electrons. The maximum atomic E-state index is 12.3. The van der Waals surface area contributed by atoms with Gasteiger partial charge in [-0.25, -0.2) is 13.1 Å². The van der Waals surface area contributed by atoms with Crippen molar-refractivity contribution >= 4 is 33.0 Å². The van der Waals surface area contributed by atoms with Crippen molar-refractivity contribution in [1.82, 2.24) is 19.7 Å². The summed E-state index contributed by atoms with van der Waals surface area (Å²) in [7, 11) is -3.57. The van der Waals surface area contributed by atoms with Crippen molar-refractivity contribution < 1.29 is 8.42 Å². The van der Waals surface area contributed by atoms with Gasteiger partial charge in [-0.3, -0.25) is 0 Å². The fraction of sp³-hybridized carbons (Fsp3) is 0.455. The number of thiophene rings is 1. The molecular weight excluding hydrogens is 320 g/mol. The van der Waals surface area contributed by atoms with Crippen molar-refractivity contribution in [1.29, 1.82) is 0 Å². The van der Waals surface area contributed by atoms with Crippen LogP contribution in [0.4, 0.5) is 0 Å². The van der Waals surface area contributed by atoms with Gasteiger partial charge < -0.3 is 0 Å². The summed E-state index contributed by atoms with van der Waals surface area (Å²) in [6.07, 6.45) is 3.12. The molecule has 0 aliphatic heterocycles. The van der Waals surface area contributed by atoms with Gasteiger partial charge in [-0.2, -0.15) is 15.0 Å². The summed E-state index contributed by atoms with van der Waals surface area (Å²) in [6.45, 7) is 4.26. The summed E-state index contributed by atoms with van der Waals surface area (Å²) in [6, 6.07) is 2.77. The normalized spacial score (nSPS) is 13.8. The van der Waals surface area contributed by atoms with E-state index >= 15 is 0 Å². The van der Waals surface area contributed by atoms with Crippen LogP contribution in [0, 0.1) is 5.92 Å². The van der Waals surface area contributed by atoms with Crippen LogP contribution in [0.1, 0.15) is 13.8 Å². The van der Waals surface area contributed by atoms with E-state index in [1.54, 1.807) is 18.5 Å². The number of halogens is 1. The lowest BCUT2D eigenvalue weighted by Crippen LogP contribution is -2.41. The van der Waals surface area contributed by atoms with Crippen LogP contribution in [0.2, 0.25) is 4.34 Å². The molecule has 0 aromatic carbocycles. The second kappa shape index (κ2) is 6.21. The van der Waals surface area contributed by atoms with E-state index in [0.29, 0.717) is 10.9 Å². The first-order valence-electron chi connectivity index (χ1n) is 6.00. The zero-order valence-corrected chi connectivity index (χ0v) is 13.4. The molecule has 0 bridgehead atoms. The molecule has 1 atom stereocenters. The van der Waals surface area contributed by atoms with E-state index in [1.165, 1.54) is 10.9 Å². The van der Waals surface area contributed by atoms with Gasteiger partial charge in [0.05, 0.1) is 23.3 Å². The number of hydrogen-bond acceptors (Lipinski definition) is 5. The molecule has 0 radical (unpaired) electrons. The first-order chi connectivity index (χ1) is 9.38. The van der Waals surface area contributed by atoms with Crippen molar-refractivity contribution in [3.8, 4) is 0 Å². The van der Waals surface area contributed by atoms with Crippen molar-refractivity contribution in [2.75, 3.05) is 0 Å². The molecule has 0 amide bonds. The standard InChI is InChI=1S/C11H15ClN4O2S2/c1-8(2)9(7-16-13-5-6-14-16)15-20(17,18)11-4-3-10(12)19-11/h3-6,8-9,15H,7H2,1-2H3/t9-/m0/s1. The van der Waals surface area contributed by atoms with Crippen LogP contribution in [-0.2, 0) is 16.6 Å². The molecule has 2 rings (SSSR count). The Labute approximate surface area is 126 Å². The van der Waals surface area contributed by atoms with Gasteiger partial charge in [-0.15, -0.1) is 11.3 Å². The summed E-state index contributed by atoms with van der Waals surface area (Å²) >= 11 is 6.82. The summed E-state index contributed by atoms with van der Waals surface area (Å²) in [5.74, 6) is 0.103. The maximum Gasteiger partial charge on any atom is 0.250 e. The Morgan fingerprint density at radius 3 is 2.50 bits per heavy atom. The Hall–Kier alpha value is -0.960. The second-order valence-electron chi connectivity index (χ2n) is 4.61. The fourth-order valence-electron chi connectivity index (χ4n) is 1.60. The van der Waals surface area contributed by atoms with Crippen LogP contribution in [0.25, 0.3) is 0 Å². The third kappa shape index (κ3) is 3.78. The Morgan fingerprint density at radius 1 is 1.35 bits per heavy atom. The first kappa shape index (κ1) is 15.4. The predicted octanol–water partition coefficient (Wildman–Crippen LogP) is 2.00. The van der Waals surface area contributed by atoms with Crippen molar-refractivity contribution in [3.63, 3.8) is 0 Å². The van der Waals surface area contributed by atoms with E-state index in [2.05, 4.69) is 14.9 Å². The Balaban J connectivity index is 2.15. The van der Waals surface area contributed by atoms with Crippen molar-refractivity contribution in [2.24, 2.45) is 5.92 Å². The highest BCUT2D eigenvalue weighted by atomic mass is 35.5. The van der Waals surface area contributed by atoms with Gasteiger partial charge in [0.15, 0.2) is 0 Å². The van der Waals surface area contributed by atoms with Gasteiger partial charge in [-0.1, -0.05) is 25.4 Å². The van der Waals surface area contributed by atoms with Gasteiger partial charge in [0.25, 0.3) is 0 Å². The number of aromatic nitrogens is 3. The van der Waals surface area contributed by atoms with E-state index in [1.807, 2.05) is 13.8 Å². The average molecular weight is 335 g/mol. The van der Waals surface area contributed by atoms with E-state index < -0.39 is 10.0 Å². The Morgan fingerprint density at radius 2 is 2.00 bits per heavy atom. The molecule has 2 aromatic rings. The molecular formula is C11H15ClN4O2S2. The van der Waals surface area contributed by atoms with Crippen molar-refractivity contribution in [2.45, 2.75) is 30.6 Å². The zero-order valence-electron chi connectivity index (χ0n) is 11.0. The lowest BCUT2D eigenvalue weighted by Gasteiger charge is -2.21. The van der Waals surface area contributed by atoms with E-state index in [0.717, 1.165) is 11.3 Å². The second-order valence-corrected chi connectivity index (χ2v) is 8.27. The average Bonchev–Trinajstić information content (AvgIpc) is 2.99. The molecule has 0 saturated heterocycles. The molecule has 20 heavy (non-hydrogen) atoms. The number of hydrogen-bond donors (Lipinski definition) is 1. The summed E-state index contributed by atoms with van der Waals surface area (Å²) in [5.41, 5.74) is 0. The summed E-state index contributed by atoms with van der Waals surface area (Å²) < 4.78 is 27.9. The van der Waals surface area contributed by atoms with Crippen LogP contribution in [-0.4, -0.2) is 29.5 Å². The Bertz CT molecular complexity index is 652. The minimum absolute atomic E-state index is 0.103. The highest BCUT2D eigenvalue weighted by Crippen LogP contribution is 2.25. The molecule has 2 aromatic heterocycles. The van der Waals surface area contributed by atoms with E-state index in [-0.39, 0.29) is 16.2 Å². The minimum Gasteiger partial charge on any atom is -0.206 e. The Kier molecular flexibility index (Phi) is 4.79. The van der Waals surface area contributed by atoms with Crippen molar-refractivity contribution in [3.05, 3.63) is 28.9 Å². The monoisotopic (exact) mass is 334 g/mol. The number of sulfonamides is 1. The molecule has 0 aliphatic carbocycles. The lowest BCUT2D eigenvalue weighted by atomic mass is 10.1. The van der Waals surface area contributed by atoms with Gasteiger partial charge >= 0.3 is 0 Å². The maximum absolute atomic E-state index is 12.3. The zero-order chi connectivity index (χ0) is 14.8. The smallest absolute Gasteiger partial charge is 0.206 e. The quantitative estimate of drug-likeness (QED) is 0.876. The molecule has 0 unspecified atom stereocenters. The molecule has 0 aliphatic rings. The van der Waals surface area contributed by atoms with Gasteiger partial charge in [0.1, 0.15) is 4.21 Å². The van der Waals surface area contributed by atoms with Crippen LogP contribution >= 0.6 is 22.9 Å². The molecule has 1 N–H and O–H groups in total. The van der Waals surface area contributed by atoms with Gasteiger partial charge in [-0.05, 0) is 18.1 Å².